The smallest absolute Gasteiger partial charge is 0.346 e. The molecule has 0 amide bonds. The summed E-state index contributed by atoms with van der Waals surface area (Å²) < 4.78 is 12.4. The van der Waals surface area contributed by atoms with Crippen LogP contribution < -0.4 is 10.3 Å². The van der Waals surface area contributed by atoms with Gasteiger partial charge in [-0.3, -0.25) is 4.79 Å². The van der Waals surface area contributed by atoms with Gasteiger partial charge >= 0.3 is 5.97 Å². The Hall–Kier alpha value is -3.00. The summed E-state index contributed by atoms with van der Waals surface area (Å²) >= 11 is 3.41. The lowest BCUT2D eigenvalue weighted by Crippen LogP contribution is -2.24. The van der Waals surface area contributed by atoms with E-state index in [4.69, 9.17) is 9.72 Å². The SMILES string of the molecule is CC[C@@H](C)c1nc2ccc(Br)cc2c(=O)n1N=Cc1ccc(O[C@@H](C)C(=O)OC)cc1. The Balaban J connectivity index is 1.94. The van der Waals surface area contributed by atoms with Crippen LogP contribution in [0.5, 0.6) is 5.75 Å². The van der Waals surface area contributed by atoms with Crippen molar-refractivity contribution in [3.05, 3.63) is 68.7 Å². The first-order valence-corrected chi connectivity index (χ1v) is 10.7. The number of rotatable bonds is 7. The molecule has 8 heteroatoms. The van der Waals surface area contributed by atoms with E-state index < -0.39 is 12.1 Å². The molecule has 0 aliphatic rings. The van der Waals surface area contributed by atoms with Crippen LogP contribution in [0.25, 0.3) is 10.9 Å². The zero-order valence-corrected chi connectivity index (χ0v) is 19.4. The Morgan fingerprint density at radius 1 is 1.23 bits per heavy atom. The van der Waals surface area contributed by atoms with Crippen LogP contribution >= 0.6 is 15.9 Å². The first-order valence-electron chi connectivity index (χ1n) is 9.95. The third-order valence-electron chi connectivity index (χ3n) is 4.93. The maximum atomic E-state index is 13.1. The van der Waals surface area contributed by atoms with Crippen LogP contribution in [-0.2, 0) is 9.53 Å². The van der Waals surface area contributed by atoms with E-state index in [0.29, 0.717) is 22.5 Å². The van der Waals surface area contributed by atoms with Gasteiger partial charge in [0.1, 0.15) is 11.6 Å². The highest BCUT2D eigenvalue weighted by Crippen LogP contribution is 2.21. The quantitative estimate of drug-likeness (QED) is 0.363. The molecule has 0 saturated heterocycles. The molecule has 0 radical (unpaired) electrons. The van der Waals surface area contributed by atoms with Crippen LogP contribution in [0.4, 0.5) is 0 Å². The van der Waals surface area contributed by atoms with E-state index in [1.165, 1.54) is 11.8 Å². The van der Waals surface area contributed by atoms with Gasteiger partial charge in [-0.2, -0.15) is 9.78 Å². The lowest BCUT2D eigenvalue weighted by Gasteiger charge is -2.14. The Labute approximate surface area is 188 Å². The van der Waals surface area contributed by atoms with Crippen molar-refractivity contribution in [2.75, 3.05) is 7.11 Å². The van der Waals surface area contributed by atoms with E-state index in [2.05, 4.69) is 25.8 Å². The number of aromatic nitrogens is 2. The molecule has 162 valence electrons. The summed E-state index contributed by atoms with van der Waals surface area (Å²) in [5.41, 5.74) is 1.20. The average Bonchev–Trinajstić information content (AvgIpc) is 2.78. The van der Waals surface area contributed by atoms with Gasteiger partial charge in [-0.1, -0.05) is 29.8 Å². The van der Waals surface area contributed by atoms with Crippen molar-refractivity contribution in [3.8, 4) is 5.75 Å². The van der Waals surface area contributed by atoms with Gasteiger partial charge in [0, 0.05) is 10.4 Å². The highest BCUT2D eigenvalue weighted by Gasteiger charge is 2.16. The minimum atomic E-state index is -0.704. The number of esters is 1. The monoisotopic (exact) mass is 485 g/mol. The Morgan fingerprint density at radius 2 is 1.94 bits per heavy atom. The van der Waals surface area contributed by atoms with Crippen molar-refractivity contribution in [1.29, 1.82) is 0 Å². The molecule has 0 spiro atoms. The number of fused-ring (bicyclic) bond motifs is 1. The Kier molecular flexibility index (Phi) is 7.22. The third kappa shape index (κ3) is 5.19. The molecule has 0 aliphatic carbocycles. The molecule has 0 bridgehead atoms. The van der Waals surface area contributed by atoms with Gasteiger partial charge in [-0.15, -0.1) is 0 Å². The van der Waals surface area contributed by atoms with E-state index in [-0.39, 0.29) is 11.5 Å². The summed E-state index contributed by atoms with van der Waals surface area (Å²) in [6, 6.07) is 12.5. The number of halogens is 1. The van der Waals surface area contributed by atoms with Crippen LogP contribution in [0.2, 0.25) is 0 Å². The minimum Gasteiger partial charge on any atom is -0.479 e. The van der Waals surface area contributed by atoms with Gasteiger partial charge in [0.2, 0.25) is 0 Å². The molecule has 0 fully saturated rings. The number of carbonyl (C=O) groups is 1. The first-order chi connectivity index (χ1) is 14.8. The highest BCUT2D eigenvalue weighted by atomic mass is 79.9. The summed E-state index contributed by atoms with van der Waals surface area (Å²) in [5.74, 6) is 0.765. The number of ether oxygens (including phenoxy) is 2. The molecule has 3 rings (SSSR count). The summed E-state index contributed by atoms with van der Waals surface area (Å²) in [7, 11) is 1.32. The summed E-state index contributed by atoms with van der Waals surface area (Å²) in [6.45, 7) is 5.69. The van der Waals surface area contributed by atoms with Gasteiger partial charge < -0.3 is 9.47 Å². The number of hydrogen-bond donors (Lipinski definition) is 0. The Morgan fingerprint density at radius 3 is 2.58 bits per heavy atom. The van der Waals surface area contributed by atoms with E-state index in [1.54, 1.807) is 43.5 Å². The molecular formula is C23H24BrN3O4. The van der Waals surface area contributed by atoms with Crippen LogP contribution in [-0.4, -0.2) is 35.1 Å². The number of benzene rings is 2. The predicted octanol–water partition coefficient (Wildman–Crippen LogP) is 4.50. The fourth-order valence-corrected chi connectivity index (χ4v) is 3.32. The molecule has 7 nitrogen and oxygen atoms in total. The molecule has 0 aliphatic heterocycles. The number of hydrogen-bond acceptors (Lipinski definition) is 6. The number of carbonyl (C=O) groups excluding carboxylic acids is 1. The Bertz CT molecular complexity index is 1170. The minimum absolute atomic E-state index is 0.0634. The second kappa shape index (κ2) is 9.87. The van der Waals surface area contributed by atoms with E-state index in [1.807, 2.05) is 26.0 Å². The van der Waals surface area contributed by atoms with E-state index >= 15 is 0 Å². The van der Waals surface area contributed by atoms with Crippen LogP contribution in [0, 0.1) is 0 Å². The van der Waals surface area contributed by atoms with Gasteiger partial charge in [0.15, 0.2) is 6.10 Å². The van der Waals surface area contributed by atoms with Crippen molar-refractivity contribution < 1.29 is 14.3 Å². The molecule has 0 unspecified atom stereocenters. The lowest BCUT2D eigenvalue weighted by atomic mass is 10.1. The highest BCUT2D eigenvalue weighted by molar-refractivity contribution is 9.10. The summed E-state index contributed by atoms with van der Waals surface area (Å²) in [6.07, 6.45) is 1.73. The fourth-order valence-electron chi connectivity index (χ4n) is 2.95. The van der Waals surface area contributed by atoms with Crippen LogP contribution in [0.3, 0.4) is 0 Å². The van der Waals surface area contributed by atoms with E-state index in [9.17, 15) is 9.59 Å². The van der Waals surface area contributed by atoms with Crippen molar-refractivity contribution in [2.24, 2.45) is 5.10 Å². The standard InChI is InChI=1S/C23H24BrN3O4/c1-5-14(2)21-26-20-11-8-17(24)12-19(20)22(28)27(21)25-13-16-6-9-18(10-7-16)31-15(3)23(29)30-4/h6-15H,5H2,1-4H3/t14-,15+/m1/s1. The van der Waals surface area contributed by atoms with Crippen molar-refractivity contribution >= 4 is 39.0 Å². The molecule has 1 heterocycles. The maximum absolute atomic E-state index is 13.1. The molecule has 3 aromatic rings. The zero-order chi connectivity index (χ0) is 22.5. The molecule has 1 aromatic heterocycles. The molecule has 0 saturated carbocycles. The maximum Gasteiger partial charge on any atom is 0.346 e. The molecule has 2 atom stereocenters. The van der Waals surface area contributed by atoms with Crippen molar-refractivity contribution in [3.63, 3.8) is 0 Å². The second-order valence-electron chi connectivity index (χ2n) is 7.15. The van der Waals surface area contributed by atoms with Gasteiger partial charge in [-0.05, 0) is 61.4 Å². The second-order valence-corrected chi connectivity index (χ2v) is 8.07. The van der Waals surface area contributed by atoms with E-state index in [0.717, 1.165) is 16.5 Å². The number of nitrogens with zero attached hydrogens (tertiary/aromatic N) is 3. The van der Waals surface area contributed by atoms with Crippen LogP contribution in [0.15, 0.2) is 56.8 Å². The zero-order valence-electron chi connectivity index (χ0n) is 17.8. The van der Waals surface area contributed by atoms with Gasteiger partial charge in [0.05, 0.1) is 24.2 Å². The number of methoxy groups -OCH3 is 1. The first kappa shape index (κ1) is 22.7. The molecule has 0 N–H and O–H groups in total. The van der Waals surface area contributed by atoms with Gasteiger partial charge in [-0.25, -0.2) is 9.78 Å². The molecule has 31 heavy (non-hydrogen) atoms. The lowest BCUT2D eigenvalue weighted by molar-refractivity contribution is -0.147. The normalized spacial score (nSPS) is 13.3. The summed E-state index contributed by atoms with van der Waals surface area (Å²) in [4.78, 5) is 29.3. The largest absolute Gasteiger partial charge is 0.479 e. The average molecular weight is 486 g/mol. The fraction of sp³-hybridized carbons (Fsp3) is 0.304. The topological polar surface area (TPSA) is 82.8 Å². The molecular weight excluding hydrogens is 462 g/mol. The summed E-state index contributed by atoms with van der Waals surface area (Å²) in [5, 5.41) is 4.94. The van der Waals surface area contributed by atoms with Gasteiger partial charge in [0.25, 0.3) is 5.56 Å². The molecule has 2 aromatic carbocycles. The predicted molar refractivity (Wildman–Crippen MR) is 124 cm³/mol. The van der Waals surface area contributed by atoms with Crippen molar-refractivity contribution in [1.82, 2.24) is 9.66 Å². The van der Waals surface area contributed by atoms with Crippen LogP contribution in [0.1, 0.15) is 44.5 Å². The third-order valence-corrected chi connectivity index (χ3v) is 5.43. The van der Waals surface area contributed by atoms with Crippen molar-refractivity contribution in [2.45, 2.75) is 39.2 Å².